The van der Waals surface area contributed by atoms with E-state index in [4.69, 9.17) is 4.74 Å². The molecule has 0 aliphatic carbocycles. The van der Waals surface area contributed by atoms with Crippen molar-refractivity contribution < 1.29 is 19.4 Å². The number of thiophene rings is 1. The summed E-state index contributed by atoms with van der Waals surface area (Å²) in [5.74, 6) is -0.793. The van der Waals surface area contributed by atoms with E-state index >= 15 is 0 Å². The van der Waals surface area contributed by atoms with Crippen LogP contribution in [-0.4, -0.2) is 36.7 Å². The first-order valence-corrected chi connectivity index (χ1v) is 8.67. The van der Waals surface area contributed by atoms with Crippen LogP contribution in [0.15, 0.2) is 36.4 Å². The molecule has 2 aromatic rings. The van der Waals surface area contributed by atoms with E-state index in [1.54, 1.807) is 18.2 Å². The van der Waals surface area contributed by atoms with Crippen LogP contribution in [0.1, 0.15) is 32.9 Å². The van der Waals surface area contributed by atoms with E-state index in [1.807, 2.05) is 6.07 Å². The van der Waals surface area contributed by atoms with E-state index in [-0.39, 0.29) is 11.5 Å². The topological polar surface area (TPSA) is 75.6 Å². The number of hydrogen-bond acceptors (Lipinski definition) is 4. The molecule has 1 aliphatic rings. The quantitative estimate of drug-likeness (QED) is 0.815. The Hall–Kier alpha value is -2.18. The Morgan fingerprint density at radius 2 is 2.08 bits per heavy atom. The van der Waals surface area contributed by atoms with Gasteiger partial charge in [0, 0.05) is 29.8 Å². The van der Waals surface area contributed by atoms with Crippen LogP contribution in [-0.2, 0) is 4.74 Å². The minimum atomic E-state index is -0.988. The van der Waals surface area contributed by atoms with Crippen molar-refractivity contribution in [2.45, 2.75) is 12.8 Å². The van der Waals surface area contributed by atoms with Gasteiger partial charge in [-0.05, 0) is 37.0 Å². The van der Waals surface area contributed by atoms with E-state index in [9.17, 15) is 14.7 Å². The number of carboxylic acids is 1. The van der Waals surface area contributed by atoms with Gasteiger partial charge in [-0.1, -0.05) is 18.2 Å². The van der Waals surface area contributed by atoms with Crippen molar-refractivity contribution in [3.05, 3.63) is 46.9 Å². The maximum atomic E-state index is 12.4. The van der Waals surface area contributed by atoms with Crippen LogP contribution in [0.5, 0.6) is 0 Å². The summed E-state index contributed by atoms with van der Waals surface area (Å²) < 4.78 is 6.13. The minimum Gasteiger partial charge on any atom is -0.478 e. The molecule has 2 N–H and O–H groups in total. The zero-order valence-corrected chi connectivity index (χ0v) is 14.0. The third kappa shape index (κ3) is 3.49. The van der Waals surface area contributed by atoms with Gasteiger partial charge in [-0.15, -0.1) is 11.3 Å². The number of carbonyl (C=O) groups is 2. The van der Waals surface area contributed by atoms with Gasteiger partial charge in [-0.25, -0.2) is 4.79 Å². The molecule has 0 saturated carbocycles. The largest absolute Gasteiger partial charge is 0.478 e. The molecule has 2 heterocycles. The fourth-order valence-electron chi connectivity index (χ4n) is 2.89. The highest BCUT2D eigenvalue weighted by atomic mass is 32.1. The van der Waals surface area contributed by atoms with E-state index in [2.05, 4.69) is 11.9 Å². The molecule has 5 nitrogen and oxygen atoms in total. The molecule has 0 radical (unpaired) electrons. The van der Waals surface area contributed by atoms with Crippen LogP contribution in [0.4, 0.5) is 0 Å². The van der Waals surface area contributed by atoms with Crippen molar-refractivity contribution in [3.8, 4) is 0 Å². The summed E-state index contributed by atoms with van der Waals surface area (Å²) in [7, 11) is 0. The SMILES string of the molecule is C=C(CNC(=O)c1cc2c(C(=O)O)cccc2s1)C1CCOCC1. The Bertz CT molecular complexity index is 789. The van der Waals surface area contributed by atoms with E-state index < -0.39 is 5.97 Å². The van der Waals surface area contributed by atoms with E-state index in [0.29, 0.717) is 22.7 Å². The van der Waals surface area contributed by atoms with Crippen LogP contribution in [0.3, 0.4) is 0 Å². The third-order valence-corrected chi connectivity index (χ3v) is 5.39. The molecule has 1 amide bonds. The van der Waals surface area contributed by atoms with Crippen molar-refractivity contribution in [3.63, 3.8) is 0 Å². The summed E-state index contributed by atoms with van der Waals surface area (Å²) in [6.45, 7) is 6.00. The van der Waals surface area contributed by atoms with E-state index in [1.165, 1.54) is 11.3 Å². The summed E-state index contributed by atoms with van der Waals surface area (Å²) >= 11 is 1.30. The van der Waals surface area contributed by atoms with E-state index in [0.717, 1.165) is 36.3 Å². The number of carboxylic acid groups (broad SMARTS) is 1. The molecular weight excluding hydrogens is 326 g/mol. The van der Waals surface area contributed by atoms with Gasteiger partial charge < -0.3 is 15.2 Å². The van der Waals surface area contributed by atoms with Gasteiger partial charge in [-0.2, -0.15) is 0 Å². The summed E-state index contributed by atoms with van der Waals surface area (Å²) in [6, 6.07) is 6.71. The number of benzene rings is 1. The normalized spacial score (nSPS) is 15.3. The lowest BCUT2D eigenvalue weighted by molar-refractivity contribution is 0.0698. The van der Waals surface area contributed by atoms with Gasteiger partial charge in [0.25, 0.3) is 5.91 Å². The van der Waals surface area contributed by atoms with Crippen molar-refractivity contribution in [2.24, 2.45) is 5.92 Å². The summed E-state index contributed by atoms with van der Waals surface area (Å²) in [5, 5.41) is 12.7. The number of nitrogens with one attached hydrogen (secondary N) is 1. The molecule has 0 unspecified atom stereocenters. The number of carbonyl (C=O) groups excluding carboxylic acids is 1. The average molecular weight is 345 g/mol. The summed E-state index contributed by atoms with van der Waals surface area (Å²) in [5.41, 5.74) is 1.23. The highest BCUT2D eigenvalue weighted by Gasteiger charge is 2.19. The van der Waals surface area contributed by atoms with Crippen molar-refractivity contribution in [1.29, 1.82) is 0 Å². The first kappa shape index (κ1) is 16.7. The monoisotopic (exact) mass is 345 g/mol. The highest BCUT2D eigenvalue weighted by molar-refractivity contribution is 7.20. The van der Waals surface area contributed by atoms with Gasteiger partial charge in [0.05, 0.1) is 10.4 Å². The zero-order valence-electron chi connectivity index (χ0n) is 13.2. The van der Waals surface area contributed by atoms with Crippen LogP contribution in [0, 0.1) is 5.92 Å². The average Bonchev–Trinajstić information content (AvgIpc) is 3.04. The Labute approximate surface area is 143 Å². The fraction of sp³-hybridized carbons (Fsp3) is 0.333. The second-order valence-electron chi connectivity index (χ2n) is 5.86. The predicted molar refractivity (Wildman–Crippen MR) is 93.8 cm³/mol. The Balaban J connectivity index is 1.69. The smallest absolute Gasteiger partial charge is 0.336 e. The molecule has 6 heteroatoms. The number of hydrogen-bond donors (Lipinski definition) is 2. The maximum absolute atomic E-state index is 12.4. The van der Waals surface area contributed by atoms with Crippen molar-refractivity contribution in [2.75, 3.05) is 19.8 Å². The van der Waals surface area contributed by atoms with Crippen LogP contribution < -0.4 is 5.32 Å². The lowest BCUT2D eigenvalue weighted by Gasteiger charge is -2.24. The Morgan fingerprint density at radius 3 is 2.79 bits per heavy atom. The summed E-state index contributed by atoms with van der Waals surface area (Å²) in [6.07, 6.45) is 1.89. The molecule has 1 aromatic carbocycles. The van der Waals surface area contributed by atoms with Crippen molar-refractivity contribution in [1.82, 2.24) is 5.32 Å². The van der Waals surface area contributed by atoms with Crippen LogP contribution in [0.25, 0.3) is 10.1 Å². The van der Waals surface area contributed by atoms with Crippen LogP contribution >= 0.6 is 11.3 Å². The highest BCUT2D eigenvalue weighted by Crippen LogP contribution is 2.28. The molecule has 1 fully saturated rings. The second-order valence-corrected chi connectivity index (χ2v) is 6.94. The molecule has 126 valence electrons. The van der Waals surface area contributed by atoms with Gasteiger partial charge in [0.15, 0.2) is 0 Å². The molecule has 0 bridgehead atoms. The molecule has 1 saturated heterocycles. The lowest BCUT2D eigenvalue weighted by Crippen LogP contribution is -2.28. The Morgan fingerprint density at radius 1 is 1.33 bits per heavy atom. The minimum absolute atomic E-state index is 0.194. The number of rotatable bonds is 5. The number of ether oxygens (including phenoxy) is 1. The second kappa shape index (κ2) is 7.15. The predicted octanol–water partition coefficient (Wildman–Crippen LogP) is 3.31. The lowest BCUT2D eigenvalue weighted by atomic mass is 9.92. The van der Waals surface area contributed by atoms with Crippen molar-refractivity contribution >= 4 is 33.3 Å². The molecule has 0 atom stereocenters. The number of aromatic carboxylic acids is 1. The van der Waals surface area contributed by atoms with Crippen LogP contribution in [0.2, 0.25) is 0 Å². The first-order valence-electron chi connectivity index (χ1n) is 7.85. The van der Waals surface area contributed by atoms with Gasteiger partial charge in [0.1, 0.15) is 0 Å². The maximum Gasteiger partial charge on any atom is 0.336 e. The standard InChI is InChI=1S/C18H19NO4S/c1-11(12-5-7-23-8-6-12)10-19-17(20)16-9-14-13(18(21)22)3-2-4-15(14)24-16/h2-4,9,12H,1,5-8,10H2,(H,19,20)(H,21,22). The molecule has 1 aromatic heterocycles. The number of amides is 1. The summed E-state index contributed by atoms with van der Waals surface area (Å²) in [4.78, 5) is 24.1. The van der Waals surface area contributed by atoms with Gasteiger partial charge in [-0.3, -0.25) is 4.79 Å². The van der Waals surface area contributed by atoms with Gasteiger partial charge in [0.2, 0.25) is 0 Å². The number of fused-ring (bicyclic) bond motifs is 1. The Kier molecular flexibility index (Phi) is 4.97. The fourth-order valence-corrected chi connectivity index (χ4v) is 3.89. The molecule has 3 rings (SSSR count). The third-order valence-electron chi connectivity index (χ3n) is 4.29. The molecule has 1 aliphatic heterocycles. The molecule has 24 heavy (non-hydrogen) atoms. The zero-order chi connectivity index (χ0) is 17.1. The molecule has 0 spiro atoms. The van der Waals surface area contributed by atoms with Gasteiger partial charge >= 0.3 is 5.97 Å². The first-order chi connectivity index (χ1) is 11.6. The molecular formula is C18H19NO4S.